The molecular weight excluding hydrogens is 560 g/mol. The van der Waals surface area contributed by atoms with Crippen LogP contribution in [0.4, 0.5) is 5.00 Å². The molecule has 0 fully saturated rings. The lowest BCUT2D eigenvalue weighted by Crippen LogP contribution is -2.15. The molecule has 2 heterocycles. The number of amides is 1. The first-order valence-electron chi connectivity index (χ1n) is 12.3. The van der Waals surface area contributed by atoms with Crippen molar-refractivity contribution in [2.75, 3.05) is 11.9 Å². The maximum Gasteiger partial charge on any atom is 0.341 e. The monoisotopic (exact) mass is 584 g/mol. The highest BCUT2D eigenvalue weighted by atomic mass is 79.9. The van der Waals surface area contributed by atoms with Gasteiger partial charge in [-0.25, -0.2) is 9.78 Å². The van der Waals surface area contributed by atoms with Crippen LogP contribution >= 0.6 is 27.3 Å². The van der Waals surface area contributed by atoms with Crippen molar-refractivity contribution in [3.05, 3.63) is 105 Å². The number of anilines is 1. The summed E-state index contributed by atoms with van der Waals surface area (Å²) in [4.78, 5) is 31.6. The van der Waals surface area contributed by atoms with E-state index in [0.29, 0.717) is 27.4 Å². The number of nitrogens with zero attached hydrogens (tertiary/aromatic N) is 1. The normalized spacial score (nSPS) is 10.9. The zero-order valence-electron chi connectivity index (χ0n) is 21.0. The predicted molar refractivity (Wildman–Crippen MR) is 158 cm³/mol. The summed E-state index contributed by atoms with van der Waals surface area (Å²) in [6.07, 6.45) is 0.949. The number of ether oxygens (including phenoxy) is 1. The van der Waals surface area contributed by atoms with Crippen LogP contribution in [0.5, 0.6) is 0 Å². The van der Waals surface area contributed by atoms with E-state index in [4.69, 9.17) is 9.72 Å². The van der Waals surface area contributed by atoms with Gasteiger partial charge in [-0.1, -0.05) is 77.5 Å². The van der Waals surface area contributed by atoms with Crippen LogP contribution in [0.3, 0.4) is 0 Å². The molecular formula is C31H25BrN2O3S. The molecule has 7 heteroatoms. The number of aromatic nitrogens is 1. The van der Waals surface area contributed by atoms with E-state index in [1.807, 2.05) is 72.1 Å². The number of carbonyl (C=O) groups excluding carboxylic acids is 2. The van der Waals surface area contributed by atoms with Crippen molar-refractivity contribution < 1.29 is 14.3 Å². The minimum absolute atomic E-state index is 0.233. The standard InChI is InChI=1S/C31H25BrN2O3S/c1-3-19-9-11-21(12-10-19)27-17-24(23-7-5-6-8-26(23)33-27)29(35)34-30-28(31(36)37-4-2)25(18-38-30)20-13-15-22(32)16-14-20/h5-18H,3-4H2,1-2H3,(H,34,35). The minimum atomic E-state index is -0.474. The fourth-order valence-electron chi connectivity index (χ4n) is 4.29. The smallest absolute Gasteiger partial charge is 0.341 e. The number of hydrogen-bond acceptors (Lipinski definition) is 5. The van der Waals surface area contributed by atoms with E-state index in [1.54, 1.807) is 6.92 Å². The first-order valence-corrected chi connectivity index (χ1v) is 14.0. The van der Waals surface area contributed by atoms with Gasteiger partial charge in [0.15, 0.2) is 0 Å². The van der Waals surface area contributed by atoms with Crippen LogP contribution < -0.4 is 5.32 Å². The van der Waals surface area contributed by atoms with E-state index in [9.17, 15) is 9.59 Å². The van der Waals surface area contributed by atoms with Gasteiger partial charge in [-0.2, -0.15) is 0 Å². The van der Waals surface area contributed by atoms with Crippen LogP contribution in [0.15, 0.2) is 88.7 Å². The fraction of sp³-hybridized carbons (Fsp3) is 0.129. The van der Waals surface area contributed by atoms with Gasteiger partial charge in [0.1, 0.15) is 10.6 Å². The Bertz CT molecular complexity index is 1630. The van der Waals surface area contributed by atoms with E-state index in [0.717, 1.165) is 32.9 Å². The van der Waals surface area contributed by atoms with Crippen LogP contribution in [0.25, 0.3) is 33.3 Å². The Morgan fingerprint density at radius 1 is 0.947 bits per heavy atom. The van der Waals surface area contributed by atoms with E-state index in [1.165, 1.54) is 16.9 Å². The first-order chi connectivity index (χ1) is 18.5. The molecule has 0 aliphatic carbocycles. The number of rotatable bonds is 7. The molecule has 0 spiro atoms. The van der Waals surface area contributed by atoms with E-state index >= 15 is 0 Å². The van der Waals surface area contributed by atoms with E-state index < -0.39 is 5.97 Å². The molecule has 0 saturated carbocycles. The van der Waals surface area contributed by atoms with Crippen LogP contribution in [0.2, 0.25) is 0 Å². The van der Waals surface area contributed by atoms with E-state index in [2.05, 4.69) is 40.3 Å². The second kappa shape index (κ2) is 11.3. The highest BCUT2D eigenvalue weighted by molar-refractivity contribution is 9.10. The third-order valence-electron chi connectivity index (χ3n) is 6.27. The molecule has 3 aromatic carbocycles. The Balaban J connectivity index is 1.56. The Morgan fingerprint density at radius 2 is 1.66 bits per heavy atom. The Morgan fingerprint density at radius 3 is 2.37 bits per heavy atom. The molecule has 0 aliphatic rings. The summed E-state index contributed by atoms with van der Waals surface area (Å²) in [5, 5.41) is 6.05. The molecule has 1 N–H and O–H groups in total. The molecule has 38 heavy (non-hydrogen) atoms. The van der Waals surface area contributed by atoms with Gasteiger partial charge in [0.05, 0.1) is 23.4 Å². The molecule has 2 aromatic heterocycles. The molecule has 0 radical (unpaired) electrons. The van der Waals surface area contributed by atoms with Crippen molar-refractivity contribution in [2.45, 2.75) is 20.3 Å². The number of pyridine rings is 1. The number of aryl methyl sites for hydroxylation is 1. The van der Waals surface area contributed by atoms with Crippen molar-refractivity contribution in [3.8, 4) is 22.4 Å². The number of fused-ring (bicyclic) bond motifs is 1. The Hall–Kier alpha value is -3.81. The maximum atomic E-state index is 13.7. The lowest BCUT2D eigenvalue weighted by molar-refractivity contribution is 0.0529. The lowest BCUT2D eigenvalue weighted by Gasteiger charge is -2.12. The molecule has 0 atom stereocenters. The number of thiophene rings is 1. The quantitative estimate of drug-likeness (QED) is 0.195. The first kappa shape index (κ1) is 25.8. The topological polar surface area (TPSA) is 68.3 Å². The molecule has 0 bridgehead atoms. The van der Waals surface area contributed by atoms with Crippen LogP contribution in [-0.4, -0.2) is 23.5 Å². The van der Waals surface area contributed by atoms with Crippen molar-refractivity contribution in [1.29, 1.82) is 0 Å². The fourth-order valence-corrected chi connectivity index (χ4v) is 5.51. The van der Waals surface area contributed by atoms with Crippen LogP contribution in [-0.2, 0) is 11.2 Å². The van der Waals surface area contributed by atoms with E-state index in [-0.39, 0.29) is 12.5 Å². The van der Waals surface area contributed by atoms with Gasteiger partial charge < -0.3 is 10.1 Å². The van der Waals surface area contributed by atoms with Gasteiger partial charge >= 0.3 is 5.97 Å². The maximum absolute atomic E-state index is 13.7. The molecule has 5 aromatic rings. The number of nitrogens with one attached hydrogen (secondary N) is 1. The lowest BCUT2D eigenvalue weighted by atomic mass is 10.0. The zero-order valence-corrected chi connectivity index (χ0v) is 23.4. The number of carbonyl (C=O) groups is 2. The average Bonchev–Trinajstić information content (AvgIpc) is 3.36. The summed E-state index contributed by atoms with van der Waals surface area (Å²) in [7, 11) is 0. The third-order valence-corrected chi connectivity index (χ3v) is 7.70. The second-order valence-electron chi connectivity index (χ2n) is 8.66. The largest absolute Gasteiger partial charge is 0.462 e. The summed E-state index contributed by atoms with van der Waals surface area (Å²) in [5.41, 5.74) is 6.01. The van der Waals surface area contributed by atoms with Gasteiger partial charge in [0.2, 0.25) is 0 Å². The van der Waals surface area contributed by atoms with Crippen molar-refractivity contribution in [3.63, 3.8) is 0 Å². The summed E-state index contributed by atoms with van der Waals surface area (Å²) >= 11 is 4.75. The number of hydrogen-bond donors (Lipinski definition) is 1. The van der Waals surface area contributed by atoms with Gasteiger partial charge in [-0.15, -0.1) is 11.3 Å². The number of esters is 1. The highest BCUT2D eigenvalue weighted by Crippen LogP contribution is 2.37. The summed E-state index contributed by atoms with van der Waals surface area (Å²) < 4.78 is 6.30. The number of benzene rings is 3. The van der Waals surface area contributed by atoms with Gasteiger partial charge in [-0.3, -0.25) is 4.79 Å². The Kier molecular flexibility index (Phi) is 7.67. The minimum Gasteiger partial charge on any atom is -0.462 e. The molecule has 0 unspecified atom stereocenters. The van der Waals surface area contributed by atoms with Crippen molar-refractivity contribution >= 4 is 55.0 Å². The predicted octanol–water partition coefficient (Wildman–Crippen LogP) is 8.38. The van der Waals surface area contributed by atoms with Gasteiger partial charge in [0.25, 0.3) is 5.91 Å². The van der Waals surface area contributed by atoms with Crippen LogP contribution in [0, 0.1) is 0 Å². The molecule has 0 saturated heterocycles. The number of halogens is 1. The summed E-state index contributed by atoms with van der Waals surface area (Å²) in [5.74, 6) is -0.789. The van der Waals surface area contributed by atoms with Gasteiger partial charge in [-0.05, 0) is 48.7 Å². The van der Waals surface area contributed by atoms with Gasteiger partial charge in [0, 0.05) is 26.4 Å². The molecule has 190 valence electrons. The third kappa shape index (κ3) is 5.26. The molecule has 1 amide bonds. The Labute approximate surface area is 233 Å². The van der Waals surface area contributed by atoms with Crippen molar-refractivity contribution in [1.82, 2.24) is 4.98 Å². The molecule has 5 nitrogen and oxygen atoms in total. The SMILES string of the molecule is CCOC(=O)c1c(-c2ccc(Br)cc2)csc1NC(=O)c1cc(-c2ccc(CC)cc2)nc2ccccc12. The number of para-hydroxylation sites is 1. The molecule has 0 aliphatic heterocycles. The highest BCUT2D eigenvalue weighted by Gasteiger charge is 2.24. The summed E-state index contributed by atoms with van der Waals surface area (Å²) in [6.45, 7) is 4.11. The average molecular weight is 586 g/mol. The van der Waals surface area contributed by atoms with Crippen LogP contribution in [0.1, 0.15) is 40.1 Å². The van der Waals surface area contributed by atoms with Crippen molar-refractivity contribution in [2.24, 2.45) is 0 Å². The second-order valence-corrected chi connectivity index (χ2v) is 10.5. The molecule has 5 rings (SSSR count). The summed E-state index contributed by atoms with van der Waals surface area (Å²) in [6, 6.07) is 25.3. The zero-order chi connectivity index (χ0) is 26.6.